The Morgan fingerprint density at radius 3 is 2.16 bits per heavy atom. The number of aliphatic hydroxyl groups excluding tert-OH is 4. The monoisotopic (exact) mass is 278 g/mol. The molecule has 0 aromatic heterocycles. The lowest BCUT2D eigenvalue weighted by atomic mass is 10.0. The Morgan fingerprint density at radius 2 is 1.58 bits per heavy atom. The Labute approximate surface area is 111 Å². The summed E-state index contributed by atoms with van der Waals surface area (Å²) in [6.45, 7) is 3.33. The maximum Gasteiger partial charge on any atom is 0.161 e. The van der Waals surface area contributed by atoms with Gasteiger partial charge >= 0.3 is 0 Å². The van der Waals surface area contributed by atoms with Crippen molar-refractivity contribution in [2.24, 2.45) is 0 Å². The lowest BCUT2D eigenvalue weighted by Gasteiger charge is -2.41. The highest BCUT2D eigenvalue weighted by molar-refractivity contribution is 4.84. The van der Waals surface area contributed by atoms with Crippen LogP contribution in [0.1, 0.15) is 26.7 Å². The van der Waals surface area contributed by atoms with Crippen molar-refractivity contribution in [2.75, 3.05) is 0 Å². The van der Waals surface area contributed by atoms with Crippen molar-refractivity contribution in [3.63, 3.8) is 0 Å². The Kier molecular flexibility index (Phi) is 4.78. The van der Waals surface area contributed by atoms with Gasteiger partial charge in [0.25, 0.3) is 0 Å². The third-order valence-corrected chi connectivity index (χ3v) is 3.64. The van der Waals surface area contributed by atoms with E-state index in [0.717, 1.165) is 0 Å². The highest BCUT2D eigenvalue weighted by Gasteiger charge is 2.41. The lowest BCUT2D eigenvalue weighted by Crippen LogP contribution is -2.53. The summed E-state index contributed by atoms with van der Waals surface area (Å²) < 4.78 is 16.2. The third kappa shape index (κ3) is 3.43. The summed E-state index contributed by atoms with van der Waals surface area (Å²) in [6, 6.07) is 0. The summed E-state index contributed by atoms with van der Waals surface area (Å²) in [5.41, 5.74) is 0. The van der Waals surface area contributed by atoms with Gasteiger partial charge in [-0.25, -0.2) is 0 Å². The van der Waals surface area contributed by atoms with E-state index in [2.05, 4.69) is 0 Å². The van der Waals surface area contributed by atoms with Gasteiger partial charge in [-0.15, -0.1) is 0 Å². The molecule has 7 heteroatoms. The van der Waals surface area contributed by atoms with Gasteiger partial charge in [0.1, 0.15) is 12.2 Å². The number of hydrogen-bond acceptors (Lipinski definition) is 7. The lowest BCUT2D eigenvalue weighted by molar-refractivity contribution is -0.306. The Bertz CT molecular complexity index is 276. The summed E-state index contributed by atoms with van der Waals surface area (Å²) in [4.78, 5) is 0. The molecule has 4 N–H and O–H groups in total. The van der Waals surface area contributed by atoms with Gasteiger partial charge in [-0.3, -0.25) is 0 Å². The Balaban J connectivity index is 1.93. The van der Waals surface area contributed by atoms with Crippen molar-refractivity contribution in [2.45, 2.75) is 75.9 Å². The van der Waals surface area contributed by atoms with Crippen LogP contribution in [0.15, 0.2) is 0 Å². The molecular formula is C12H22O7. The minimum absolute atomic E-state index is 0.0719. The fraction of sp³-hybridized carbons (Fsp3) is 1.00. The van der Waals surface area contributed by atoms with Gasteiger partial charge in [0, 0.05) is 12.8 Å². The standard InChI is InChI=1S/C12H22O7/c1-5-11(16)7(13)4-10(18-5)19-12-6(2)17-9(15)3-8(12)14/h5-16H,3-4H2,1-2H3/t5-,6-,7-,8-,9-,10+,11-,12-/m1/s1. The van der Waals surface area contributed by atoms with Gasteiger partial charge in [-0.1, -0.05) is 0 Å². The van der Waals surface area contributed by atoms with E-state index < -0.39 is 49.2 Å². The fourth-order valence-electron chi connectivity index (χ4n) is 2.52. The van der Waals surface area contributed by atoms with E-state index in [0.29, 0.717) is 0 Å². The molecule has 0 radical (unpaired) electrons. The molecule has 8 atom stereocenters. The summed E-state index contributed by atoms with van der Waals surface area (Å²) in [7, 11) is 0. The Hall–Kier alpha value is -0.280. The van der Waals surface area contributed by atoms with Crippen molar-refractivity contribution in [3.8, 4) is 0 Å². The summed E-state index contributed by atoms with van der Waals surface area (Å²) in [5, 5.41) is 38.5. The van der Waals surface area contributed by atoms with Crippen LogP contribution >= 0.6 is 0 Å². The van der Waals surface area contributed by atoms with Gasteiger partial charge in [0.15, 0.2) is 12.6 Å². The first-order chi connectivity index (χ1) is 8.88. The van der Waals surface area contributed by atoms with Gasteiger partial charge in [-0.05, 0) is 13.8 Å². The van der Waals surface area contributed by atoms with Crippen LogP contribution in [0.25, 0.3) is 0 Å². The van der Waals surface area contributed by atoms with Crippen LogP contribution in [0.3, 0.4) is 0 Å². The maximum atomic E-state index is 9.89. The molecule has 19 heavy (non-hydrogen) atoms. The van der Waals surface area contributed by atoms with Gasteiger partial charge in [-0.2, -0.15) is 0 Å². The molecule has 2 fully saturated rings. The molecule has 0 bridgehead atoms. The average Bonchev–Trinajstić information content (AvgIpc) is 2.30. The van der Waals surface area contributed by atoms with Crippen LogP contribution < -0.4 is 0 Å². The topological polar surface area (TPSA) is 109 Å². The van der Waals surface area contributed by atoms with Crippen molar-refractivity contribution in [3.05, 3.63) is 0 Å². The van der Waals surface area contributed by atoms with E-state index in [1.54, 1.807) is 13.8 Å². The molecule has 0 aromatic carbocycles. The molecule has 2 saturated heterocycles. The molecule has 112 valence electrons. The summed E-state index contributed by atoms with van der Waals surface area (Å²) in [6.07, 6.45) is -5.89. The van der Waals surface area contributed by atoms with Crippen molar-refractivity contribution >= 4 is 0 Å². The van der Waals surface area contributed by atoms with Crippen LogP contribution in [0, 0.1) is 0 Å². The molecule has 2 heterocycles. The molecule has 0 unspecified atom stereocenters. The number of aliphatic hydroxyl groups is 4. The van der Waals surface area contributed by atoms with Gasteiger partial charge in [0.2, 0.25) is 0 Å². The molecule has 0 saturated carbocycles. The van der Waals surface area contributed by atoms with Crippen LogP contribution in [-0.4, -0.2) is 69.6 Å². The maximum absolute atomic E-state index is 9.89. The SMILES string of the molecule is C[C@H]1O[C@@H](O[C@H]2[C@H](O)C[C@H](O)O[C@@H]2C)C[C@@H](O)[C@@H]1O. The quantitative estimate of drug-likeness (QED) is 0.498. The summed E-state index contributed by atoms with van der Waals surface area (Å²) >= 11 is 0. The van der Waals surface area contributed by atoms with E-state index in [9.17, 15) is 20.4 Å². The van der Waals surface area contributed by atoms with Gasteiger partial charge in [0.05, 0.1) is 24.4 Å². The molecular weight excluding hydrogens is 256 g/mol. The minimum atomic E-state index is -0.997. The zero-order chi connectivity index (χ0) is 14.2. The van der Waals surface area contributed by atoms with E-state index in [-0.39, 0.29) is 12.8 Å². The third-order valence-electron chi connectivity index (χ3n) is 3.64. The second-order valence-corrected chi connectivity index (χ2v) is 5.26. The smallest absolute Gasteiger partial charge is 0.161 e. The van der Waals surface area contributed by atoms with E-state index in [1.807, 2.05) is 0 Å². The zero-order valence-corrected chi connectivity index (χ0v) is 11.0. The second kappa shape index (κ2) is 6.01. The predicted octanol–water partition coefficient (Wildman–Crippen LogP) is -1.28. The van der Waals surface area contributed by atoms with Crippen LogP contribution in [0.5, 0.6) is 0 Å². The number of ether oxygens (including phenoxy) is 3. The first-order valence-corrected chi connectivity index (χ1v) is 6.57. The molecule has 0 aromatic rings. The van der Waals surface area contributed by atoms with Crippen LogP contribution in [-0.2, 0) is 14.2 Å². The molecule has 0 spiro atoms. The van der Waals surface area contributed by atoms with E-state index in [1.165, 1.54) is 0 Å². The molecule has 2 aliphatic rings. The molecule has 2 aliphatic heterocycles. The number of hydrogen-bond donors (Lipinski definition) is 4. The average molecular weight is 278 g/mol. The zero-order valence-electron chi connectivity index (χ0n) is 11.0. The highest BCUT2D eigenvalue weighted by Crippen LogP contribution is 2.27. The van der Waals surface area contributed by atoms with Crippen molar-refractivity contribution in [1.29, 1.82) is 0 Å². The predicted molar refractivity (Wildman–Crippen MR) is 63.0 cm³/mol. The van der Waals surface area contributed by atoms with E-state index >= 15 is 0 Å². The number of rotatable bonds is 2. The molecule has 7 nitrogen and oxygen atoms in total. The molecule has 0 aliphatic carbocycles. The van der Waals surface area contributed by atoms with Crippen molar-refractivity contribution in [1.82, 2.24) is 0 Å². The minimum Gasteiger partial charge on any atom is -0.390 e. The Morgan fingerprint density at radius 1 is 0.895 bits per heavy atom. The largest absolute Gasteiger partial charge is 0.390 e. The van der Waals surface area contributed by atoms with Gasteiger partial charge < -0.3 is 34.6 Å². The van der Waals surface area contributed by atoms with Crippen LogP contribution in [0.4, 0.5) is 0 Å². The van der Waals surface area contributed by atoms with Crippen molar-refractivity contribution < 1.29 is 34.6 Å². The normalized spacial score (nSPS) is 52.1. The highest BCUT2D eigenvalue weighted by atomic mass is 16.7. The van der Waals surface area contributed by atoms with Crippen LogP contribution in [0.2, 0.25) is 0 Å². The molecule has 0 amide bonds. The fourth-order valence-corrected chi connectivity index (χ4v) is 2.52. The first kappa shape index (κ1) is 15.1. The molecule has 2 rings (SSSR count). The first-order valence-electron chi connectivity index (χ1n) is 6.57. The second-order valence-electron chi connectivity index (χ2n) is 5.26. The summed E-state index contributed by atoms with van der Waals surface area (Å²) in [5.74, 6) is 0. The van der Waals surface area contributed by atoms with E-state index in [4.69, 9.17) is 14.2 Å².